The van der Waals surface area contributed by atoms with Gasteiger partial charge in [0.15, 0.2) is 11.4 Å². The van der Waals surface area contributed by atoms with Crippen molar-refractivity contribution in [2.45, 2.75) is 56.6 Å². The molecular formula is C28H30F3N5O3. The average Bonchev–Trinajstić information content (AvgIpc) is 3.42. The molecule has 11 heteroatoms. The van der Waals surface area contributed by atoms with E-state index in [9.17, 15) is 23.1 Å². The molecule has 1 atom stereocenters. The molecule has 0 radical (unpaired) electrons. The number of halogens is 3. The zero-order valence-corrected chi connectivity index (χ0v) is 21.8. The highest BCUT2D eigenvalue weighted by Crippen LogP contribution is 2.43. The van der Waals surface area contributed by atoms with Crippen molar-refractivity contribution >= 4 is 11.6 Å². The van der Waals surface area contributed by atoms with E-state index in [0.717, 1.165) is 25.3 Å². The van der Waals surface area contributed by atoms with E-state index in [4.69, 9.17) is 4.74 Å². The van der Waals surface area contributed by atoms with Gasteiger partial charge in [-0.1, -0.05) is 12.1 Å². The maximum atomic E-state index is 14.2. The predicted molar refractivity (Wildman–Crippen MR) is 136 cm³/mol. The number of benzene rings is 2. The van der Waals surface area contributed by atoms with Crippen molar-refractivity contribution in [1.82, 2.24) is 20.1 Å². The molecule has 1 aromatic heterocycles. The fourth-order valence-corrected chi connectivity index (χ4v) is 5.79. The summed E-state index contributed by atoms with van der Waals surface area (Å²) in [6.45, 7) is 2.72. The number of alkyl halides is 3. The number of amides is 1. The first-order chi connectivity index (χ1) is 18.5. The SMILES string of the molecule is Cn1cnnc1[C@@](O)(c1cccc(N2Cc3c(cc(CNC4(C)CCC4)cc3C(F)(F)F)C2=O)c1)C1COC1. The second-order valence-electron chi connectivity index (χ2n) is 11.1. The normalized spacial score (nSPS) is 20.4. The summed E-state index contributed by atoms with van der Waals surface area (Å²) >= 11 is 0. The van der Waals surface area contributed by atoms with Crippen LogP contribution >= 0.6 is 0 Å². The summed E-state index contributed by atoms with van der Waals surface area (Å²) in [4.78, 5) is 14.9. The van der Waals surface area contributed by atoms with Gasteiger partial charge in [-0.15, -0.1) is 10.2 Å². The molecule has 2 N–H and O–H groups in total. The van der Waals surface area contributed by atoms with Crippen molar-refractivity contribution < 1.29 is 27.8 Å². The third-order valence-electron chi connectivity index (χ3n) is 8.46. The lowest BCUT2D eigenvalue weighted by atomic mass is 9.78. The number of carbonyl (C=O) groups is 1. The van der Waals surface area contributed by atoms with E-state index in [2.05, 4.69) is 22.4 Å². The number of ether oxygens (including phenoxy) is 1. The van der Waals surface area contributed by atoms with Gasteiger partial charge in [-0.2, -0.15) is 13.2 Å². The molecule has 1 amide bonds. The summed E-state index contributed by atoms with van der Waals surface area (Å²) in [5.41, 5.74) is -1.12. The second kappa shape index (κ2) is 9.14. The zero-order valence-electron chi connectivity index (χ0n) is 21.8. The molecule has 2 aliphatic heterocycles. The Bertz CT molecular complexity index is 1430. The third kappa shape index (κ3) is 4.32. The van der Waals surface area contributed by atoms with E-state index in [1.807, 2.05) is 0 Å². The number of hydrogen-bond donors (Lipinski definition) is 2. The van der Waals surface area contributed by atoms with Crippen molar-refractivity contribution in [3.8, 4) is 0 Å². The van der Waals surface area contributed by atoms with Crippen molar-refractivity contribution in [2.24, 2.45) is 13.0 Å². The molecule has 3 aliphatic rings. The molecule has 1 saturated carbocycles. The van der Waals surface area contributed by atoms with Crippen LogP contribution in [0.3, 0.4) is 0 Å². The van der Waals surface area contributed by atoms with Crippen LogP contribution in [0.5, 0.6) is 0 Å². The first-order valence-corrected chi connectivity index (χ1v) is 13.0. The number of aromatic nitrogens is 3. The van der Waals surface area contributed by atoms with Crippen LogP contribution in [0.1, 0.15) is 64.6 Å². The Kier molecular flexibility index (Phi) is 6.09. The van der Waals surface area contributed by atoms with Gasteiger partial charge in [0.1, 0.15) is 6.33 Å². The van der Waals surface area contributed by atoms with Crippen LogP contribution in [-0.4, -0.2) is 44.5 Å². The van der Waals surface area contributed by atoms with E-state index in [0.29, 0.717) is 35.9 Å². The van der Waals surface area contributed by atoms with Gasteiger partial charge in [0.05, 0.1) is 25.3 Å². The number of aliphatic hydroxyl groups is 1. The summed E-state index contributed by atoms with van der Waals surface area (Å²) in [6, 6.07) is 9.44. The Morgan fingerprint density at radius 3 is 2.56 bits per heavy atom. The van der Waals surface area contributed by atoms with E-state index in [1.54, 1.807) is 41.9 Å². The molecule has 8 nitrogen and oxygen atoms in total. The fourth-order valence-electron chi connectivity index (χ4n) is 5.79. The maximum Gasteiger partial charge on any atom is 0.416 e. The first-order valence-electron chi connectivity index (χ1n) is 13.0. The molecule has 1 aliphatic carbocycles. The molecule has 2 fully saturated rings. The smallest absolute Gasteiger partial charge is 0.380 e. The van der Waals surface area contributed by atoms with E-state index >= 15 is 0 Å². The molecule has 3 heterocycles. The topological polar surface area (TPSA) is 92.5 Å². The number of nitrogens with one attached hydrogen (secondary N) is 1. The maximum absolute atomic E-state index is 14.2. The fraction of sp³-hybridized carbons (Fsp3) is 0.464. The number of nitrogens with zero attached hydrogens (tertiary/aromatic N) is 4. The molecule has 206 valence electrons. The number of aryl methyl sites for hydroxylation is 1. The lowest BCUT2D eigenvalue weighted by Crippen LogP contribution is -2.48. The molecule has 39 heavy (non-hydrogen) atoms. The minimum atomic E-state index is -4.60. The zero-order chi connectivity index (χ0) is 27.6. The van der Waals surface area contributed by atoms with Gasteiger partial charge in [-0.25, -0.2) is 0 Å². The lowest BCUT2D eigenvalue weighted by Gasteiger charge is -2.40. The van der Waals surface area contributed by atoms with E-state index < -0.39 is 23.2 Å². The Labute approximate surface area is 223 Å². The Morgan fingerprint density at radius 2 is 1.97 bits per heavy atom. The van der Waals surface area contributed by atoms with Crippen LogP contribution in [-0.2, 0) is 36.7 Å². The minimum absolute atomic E-state index is 0.0348. The monoisotopic (exact) mass is 541 g/mol. The molecule has 2 aromatic carbocycles. The van der Waals surface area contributed by atoms with Crippen LogP contribution in [0.15, 0.2) is 42.7 Å². The van der Waals surface area contributed by atoms with Crippen molar-refractivity contribution in [3.05, 3.63) is 76.4 Å². The molecule has 0 bridgehead atoms. The van der Waals surface area contributed by atoms with Gasteiger partial charge in [0.2, 0.25) is 0 Å². The van der Waals surface area contributed by atoms with Gasteiger partial charge < -0.3 is 24.6 Å². The summed E-state index contributed by atoms with van der Waals surface area (Å²) in [6.07, 6.45) is -0.0792. The highest BCUT2D eigenvalue weighted by molar-refractivity contribution is 6.10. The third-order valence-corrected chi connectivity index (χ3v) is 8.46. The van der Waals surface area contributed by atoms with Crippen LogP contribution in [0.2, 0.25) is 0 Å². The number of anilines is 1. The highest BCUT2D eigenvalue weighted by Gasteiger charge is 2.48. The Morgan fingerprint density at radius 1 is 1.21 bits per heavy atom. The second-order valence-corrected chi connectivity index (χ2v) is 11.1. The molecule has 3 aromatic rings. The number of rotatable bonds is 7. The van der Waals surface area contributed by atoms with Crippen molar-refractivity contribution in [1.29, 1.82) is 0 Å². The first kappa shape index (κ1) is 26.0. The van der Waals surface area contributed by atoms with Gasteiger partial charge >= 0.3 is 6.18 Å². The number of fused-ring (bicyclic) bond motifs is 1. The quantitative estimate of drug-likeness (QED) is 0.471. The average molecular weight is 542 g/mol. The minimum Gasteiger partial charge on any atom is -0.380 e. The predicted octanol–water partition coefficient (Wildman–Crippen LogP) is 3.91. The van der Waals surface area contributed by atoms with Gasteiger partial charge in [0.25, 0.3) is 5.91 Å². The van der Waals surface area contributed by atoms with Gasteiger partial charge in [-0.05, 0) is 67.1 Å². The Balaban J connectivity index is 1.35. The van der Waals surface area contributed by atoms with Crippen LogP contribution in [0, 0.1) is 5.92 Å². The van der Waals surface area contributed by atoms with Gasteiger partial charge in [0, 0.05) is 36.3 Å². The standard InChI is InChI=1S/C28H30F3N5O3/c1-26(7-4-8-26)32-12-17-9-21-22(23(10-17)28(29,30)31)13-36(24(21)37)20-6-3-5-18(11-20)27(38,19-14-39-15-19)25-34-33-16-35(25)2/h3,5-6,9-11,16,19,32,38H,4,7-8,12-15H2,1-2H3/t27-/m1/s1. The van der Waals surface area contributed by atoms with Crippen LogP contribution in [0.4, 0.5) is 18.9 Å². The molecule has 6 rings (SSSR count). The molecular weight excluding hydrogens is 511 g/mol. The summed E-state index contributed by atoms with van der Waals surface area (Å²) < 4.78 is 49.5. The molecule has 0 unspecified atom stereocenters. The summed E-state index contributed by atoms with van der Waals surface area (Å²) in [5.74, 6) is -0.481. The van der Waals surface area contributed by atoms with Crippen molar-refractivity contribution in [2.75, 3.05) is 18.1 Å². The largest absolute Gasteiger partial charge is 0.416 e. The van der Waals surface area contributed by atoms with Crippen LogP contribution in [0.25, 0.3) is 0 Å². The lowest BCUT2D eigenvalue weighted by molar-refractivity contribution is -0.138. The van der Waals surface area contributed by atoms with Crippen LogP contribution < -0.4 is 10.2 Å². The van der Waals surface area contributed by atoms with Gasteiger partial charge in [-0.3, -0.25) is 4.79 Å². The molecule has 1 saturated heterocycles. The van der Waals surface area contributed by atoms with Crippen molar-refractivity contribution in [3.63, 3.8) is 0 Å². The Hall–Kier alpha value is -3.28. The highest BCUT2D eigenvalue weighted by atomic mass is 19.4. The summed E-state index contributed by atoms with van der Waals surface area (Å²) in [7, 11) is 1.72. The number of carbonyl (C=O) groups excluding carboxylic acids is 1. The molecule has 0 spiro atoms. The van der Waals surface area contributed by atoms with E-state index in [-0.39, 0.29) is 35.7 Å². The van der Waals surface area contributed by atoms with E-state index in [1.165, 1.54) is 11.2 Å². The number of hydrogen-bond acceptors (Lipinski definition) is 6. The summed E-state index contributed by atoms with van der Waals surface area (Å²) in [5, 5.41) is 23.3.